The standard InChI is InChI=1S/C24H28N4O2S/c1-2-17-3-5-18(6-4-17)15-19-7-12-28(13-8-19)23-25-20-9-14-31(30)21(20)22(26-23)27-24(16-29)10-11-24/h1,3-6,19,29H,7-16H2,(H,25,26,27). The Kier molecular flexibility index (Phi) is 5.55. The lowest BCUT2D eigenvalue weighted by molar-refractivity contribution is 0.265. The van der Waals surface area contributed by atoms with Crippen molar-refractivity contribution in [3.63, 3.8) is 0 Å². The van der Waals surface area contributed by atoms with Crippen LogP contribution in [-0.4, -0.2) is 50.6 Å². The molecule has 1 aliphatic carbocycles. The van der Waals surface area contributed by atoms with Gasteiger partial charge in [-0.1, -0.05) is 18.1 Å². The predicted octanol–water partition coefficient (Wildman–Crippen LogP) is 2.52. The third-order valence-corrected chi connectivity index (χ3v) is 8.22. The normalized spacial score (nSPS) is 22.1. The molecule has 162 valence electrons. The number of hydrogen-bond donors (Lipinski definition) is 2. The summed E-state index contributed by atoms with van der Waals surface area (Å²) in [6, 6.07) is 8.30. The number of anilines is 2. The summed E-state index contributed by atoms with van der Waals surface area (Å²) in [5, 5.41) is 13.1. The summed E-state index contributed by atoms with van der Waals surface area (Å²) >= 11 is -1.06. The van der Waals surface area contributed by atoms with Crippen LogP contribution in [0.4, 0.5) is 11.8 Å². The van der Waals surface area contributed by atoms with Gasteiger partial charge >= 0.3 is 0 Å². The summed E-state index contributed by atoms with van der Waals surface area (Å²) in [5.74, 6) is 5.30. The minimum atomic E-state index is -1.06. The largest absolute Gasteiger partial charge is 0.611 e. The number of aromatic nitrogens is 2. The first-order valence-electron chi connectivity index (χ1n) is 11.1. The number of aryl methyl sites for hydroxylation is 1. The molecule has 0 bridgehead atoms. The fourth-order valence-electron chi connectivity index (χ4n) is 4.54. The highest BCUT2D eigenvalue weighted by Gasteiger charge is 2.45. The van der Waals surface area contributed by atoms with Gasteiger partial charge < -0.3 is 19.9 Å². The monoisotopic (exact) mass is 436 g/mol. The quantitative estimate of drug-likeness (QED) is 0.535. The van der Waals surface area contributed by atoms with Gasteiger partial charge in [-0.2, -0.15) is 4.98 Å². The van der Waals surface area contributed by atoms with Crippen LogP contribution in [0.3, 0.4) is 0 Å². The van der Waals surface area contributed by atoms with Crippen LogP contribution in [0, 0.1) is 18.3 Å². The first-order valence-corrected chi connectivity index (χ1v) is 12.4. The van der Waals surface area contributed by atoms with Crippen LogP contribution >= 0.6 is 0 Å². The average molecular weight is 437 g/mol. The maximum absolute atomic E-state index is 12.5. The van der Waals surface area contributed by atoms with E-state index < -0.39 is 11.2 Å². The molecule has 2 aliphatic heterocycles. The lowest BCUT2D eigenvalue weighted by Crippen LogP contribution is -2.36. The topological polar surface area (TPSA) is 84.3 Å². The molecule has 0 spiro atoms. The lowest BCUT2D eigenvalue weighted by Gasteiger charge is -2.32. The molecule has 1 unspecified atom stereocenters. The van der Waals surface area contributed by atoms with Gasteiger partial charge in [-0.25, -0.2) is 4.98 Å². The Bertz CT molecular complexity index is 992. The second-order valence-corrected chi connectivity index (χ2v) is 10.5. The number of hydrogen-bond acceptors (Lipinski definition) is 6. The van der Waals surface area contributed by atoms with E-state index in [1.165, 1.54) is 5.56 Å². The van der Waals surface area contributed by atoms with Crippen molar-refractivity contribution in [3.05, 3.63) is 41.1 Å². The van der Waals surface area contributed by atoms with Gasteiger partial charge in [0.2, 0.25) is 10.8 Å². The van der Waals surface area contributed by atoms with Gasteiger partial charge in [-0.05, 0) is 66.9 Å². The van der Waals surface area contributed by atoms with Gasteiger partial charge in [0.25, 0.3) is 0 Å². The number of nitrogens with one attached hydrogen (secondary N) is 1. The highest BCUT2D eigenvalue weighted by molar-refractivity contribution is 7.91. The molecule has 2 aromatic rings. The Labute approximate surface area is 186 Å². The van der Waals surface area contributed by atoms with Gasteiger partial charge in [0.05, 0.1) is 12.1 Å². The zero-order chi connectivity index (χ0) is 21.4. The minimum absolute atomic E-state index is 0.0709. The number of rotatable bonds is 6. The van der Waals surface area contributed by atoms with Gasteiger partial charge in [0, 0.05) is 25.1 Å². The predicted molar refractivity (Wildman–Crippen MR) is 123 cm³/mol. The van der Waals surface area contributed by atoms with E-state index in [1.807, 2.05) is 12.1 Å². The molecule has 3 heterocycles. The van der Waals surface area contributed by atoms with Crippen molar-refractivity contribution in [2.75, 3.05) is 35.7 Å². The zero-order valence-electron chi connectivity index (χ0n) is 17.6. The molecule has 31 heavy (non-hydrogen) atoms. The number of benzene rings is 1. The molecular weight excluding hydrogens is 408 g/mol. The Hall–Kier alpha value is -2.27. The van der Waals surface area contributed by atoms with Crippen LogP contribution in [0.1, 0.15) is 42.5 Å². The first-order chi connectivity index (χ1) is 15.1. The van der Waals surface area contributed by atoms with Crippen LogP contribution in [0.15, 0.2) is 29.2 Å². The first kappa shape index (κ1) is 20.6. The third-order valence-electron chi connectivity index (χ3n) is 6.76. The van der Waals surface area contributed by atoms with E-state index >= 15 is 0 Å². The van der Waals surface area contributed by atoms with E-state index in [1.54, 1.807) is 0 Å². The van der Waals surface area contributed by atoms with Crippen molar-refractivity contribution in [3.8, 4) is 12.3 Å². The molecule has 1 saturated carbocycles. The van der Waals surface area contributed by atoms with E-state index in [0.29, 0.717) is 17.5 Å². The molecule has 3 aliphatic rings. The number of aliphatic hydroxyl groups is 1. The Morgan fingerprint density at radius 2 is 1.97 bits per heavy atom. The van der Waals surface area contributed by atoms with E-state index in [2.05, 4.69) is 28.3 Å². The fourth-order valence-corrected chi connectivity index (χ4v) is 5.85. The number of aliphatic hydroxyl groups excluding tert-OH is 1. The molecule has 1 saturated heterocycles. The lowest BCUT2D eigenvalue weighted by atomic mass is 9.90. The van der Waals surface area contributed by atoms with Gasteiger partial charge in [0.1, 0.15) is 11.4 Å². The summed E-state index contributed by atoms with van der Waals surface area (Å²) in [5.41, 5.74) is 2.86. The Morgan fingerprint density at radius 3 is 2.61 bits per heavy atom. The second kappa shape index (κ2) is 8.34. The molecule has 5 rings (SSSR count). The van der Waals surface area contributed by atoms with Crippen molar-refractivity contribution in [2.24, 2.45) is 5.92 Å². The van der Waals surface area contributed by atoms with E-state index in [0.717, 1.165) is 73.7 Å². The van der Waals surface area contributed by atoms with E-state index in [-0.39, 0.29) is 12.1 Å². The molecule has 2 fully saturated rings. The third kappa shape index (κ3) is 4.25. The smallest absolute Gasteiger partial charge is 0.227 e. The SMILES string of the molecule is C#Cc1ccc(CC2CCN(c3nc4c(c(NC5(CO)CC5)n3)[S+]([O-])CC4)CC2)cc1. The van der Waals surface area contributed by atoms with Crippen LogP contribution < -0.4 is 10.2 Å². The second-order valence-electron chi connectivity index (χ2n) is 8.99. The van der Waals surface area contributed by atoms with Gasteiger partial charge in [0.15, 0.2) is 5.82 Å². The molecule has 0 amide bonds. The number of terminal acetylenes is 1. The van der Waals surface area contributed by atoms with Gasteiger partial charge in [-0.15, -0.1) is 6.42 Å². The minimum Gasteiger partial charge on any atom is -0.611 e. The summed E-state index contributed by atoms with van der Waals surface area (Å²) < 4.78 is 12.5. The van der Waals surface area contributed by atoms with Crippen molar-refractivity contribution in [2.45, 2.75) is 49.0 Å². The number of fused-ring (bicyclic) bond motifs is 1. The number of nitrogens with zero attached hydrogens (tertiary/aromatic N) is 3. The molecular formula is C24H28N4O2S. The molecule has 7 heteroatoms. The van der Waals surface area contributed by atoms with Gasteiger partial charge in [-0.3, -0.25) is 0 Å². The van der Waals surface area contributed by atoms with E-state index in [9.17, 15) is 9.66 Å². The van der Waals surface area contributed by atoms with Crippen LogP contribution in [0.5, 0.6) is 0 Å². The summed E-state index contributed by atoms with van der Waals surface area (Å²) in [6.45, 7) is 1.90. The summed E-state index contributed by atoms with van der Waals surface area (Å²) in [4.78, 5) is 12.6. The van der Waals surface area contributed by atoms with Crippen molar-refractivity contribution >= 4 is 22.9 Å². The molecule has 6 nitrogen and oxygen atoms in total. The number of piperidine rings is 1. The molecule has 1 aromatic heterocycles. The summed E-state index contributed by atoms with van der Waals surface area (Å²) in [7, 11) is 0. The van der Waals surface area contributed by atoms with Crippen LogP contribution in [0.2, 0.25) is 0 Å². The highest BCUT2D eigenvalue weighted by Crippen LogP contribution is 2.41. The van der Waals surface area contributed by atoms with Crippen molar-refractivity contribution < 1.29 is 9.66 Å². The zero-order valence-corrected chi connectivity index (χ0v) is 18.5. The van der Waals surface area contributed by atoms with Crippen molar-refractivity contribution in [1.29, 1.82) is 0 Å². The molecule has 1 atom stereocenters. The van der Waals surface area contributed by atoms with Crippen LogP contribution in [-0.2, 0) is 24.0 Å². The Morgan fingerprint density at radius 1 is 1.23 bits per heavy atom. The molecule has 0 radical (unpaired) electrons. The maximum atomic E-state index is 12.5. The average Bonchev–Trinajstić information content (AvgIpc) is 3.48. The van der Waals surface area contributed by atoms with Crippen LogP contribution in [0.25, 0.3) is 0 Å². The summed E-state index contributed by atoms with van der Waals surface area (Å²) in [6.07, 6.45) is 11.2. The molecule has 1 aromatic carbocycles. The maximum Gasteiger partial charge on any atom is 0.227 e. The highest BCUT2D eigenvalue weighted by atomic mass is 32.2. The van der Waals surface area contributed by atoms with E-state index in [4.69, 9.17) is 16.4 Å². The fraction of sp³-hybridized carbons (Fsp3) is 0.500. The Balaban J connectivity index is 1.28. The molecule has 2 N–H and O–H groups in total. The van der Waals surface area contributed by atoms with Crippen molar-refractivity contribution in [1.82, 2.24) is 9.97 Å².